The molecule has 0 amide bonds. The summed E-state index contributed by atoms with van der Waals surface area (Å²) in [6, 6.07) is 0. The van der Waals surface area contributed by atoms with Crippen LogP contribution >= 0.6 is 27.5 Å². The van der Waals surface area contributed by atoms with Gasteiger partial charge in [0.05, 0.1) is 17.7 Å². The lowest BCUT2D eigenvalue weighted by atomic mass is 10.5. The molecule has 1 rings (SSSR count). The Morgan fingerprint density at radius 3 is 3.07 bits per heavy atom. The van der Waals surface area contributed by atoms with Crippen molar-refractivity contribution >= 4 is 33.3 Å². The summed E-state index contributed by atoms with van der Waals surface area (Å²) in [5.74, 6) is 1.30. The SMILES string of the molecule is ClCCOCCNc1ncncc1Br. The van der Waals surface area contributed by atoms with Crippen LogP contribution in [0.25, 0.3) is 0 Å². The van der Waals surface area contributed by atoms with E-state index in [1.165, 1.54) is 6.33 Å². The van der Waals surface area contributed by atoms with Gasteiger partial charge in [0.2, 0.25) is 0 Å². The topological polar surface area (TPSA) is 47.0 Å². The summed E-state index contributed by atoms with van der Waals surface area (Å²) in [5.41, 5.74) is 0. The van der Waals surface area contributed by atoms with Gasteiger partial charge in [0.25, 0.3) is 0 Å². The van der Waals surface area contributed by atoms with Gasteiger partial charge in [-0.3, -0.25) is 0 Å². The molecule has 0 aliphatic heterocycles. The third-order valence-electron chi connectivity index (χ3n) is 1.43. The maximum atomic E-state index is 5.45. The van der Waals surface area contributed by atoms with E-state index in [1.807, 2.05) is 0 Å². The van der Waals surface area contributed by atoms with Crippen molar-refractivity contribution in [2.45, 2.75) is 0 Å². The van der Waals surface area contributed by atoms with Gasteiger partial charge in [-0.2, -0.15) is 0 Å². The second kappa shape index (κ2) is 6.98. The number of rotatable bonds is 6. The van der Waals surface area contributed by atoms with Crippen LogP contribution in [0.5, 0.6) is 0 Å². The van der Waals surface area contributed by atoms with Crippen molar-refractivity contribution in [1.82, 2.24) is 9.97 Å². The van der Waals surface area contributed by atoms with Gasteiger partial charge < -0.3 is 10.1 Å². The van der Waals surface area contributed by atoms with Gasteiger partial charge in [0.15, 0.2) is 0 Å². The summed E-state index contributed by atoms with van der Waals surface area (Å²) in [5, 5.41) is 3.11. The van der Waals surface area contributed by atoms with Crippen LogP contribution in [0.1, 0.15) is 0 Å². The number of anilines is 1. The molecule has 0 fully saturated rings. The van der Waals surface area contributed by atoms with Crippen LogP contribution in [0, 0.1) is 0 Å². The van der Waals surface area contributed by atoms with Crippen molar-refractivity contribution in [2.24, 2.45) is 0 Å². The van der Waals surface area contributed by atoms with Crippen molar-refractivity contribution in [3.63, 3.8) is 0 Å². The van der Waals surface area contributed by atoms with E-state index in [0.717, 1.165) is 10.3 Å². The molecule has 0 radical (unpaired) electrons. The van der Waals surface area contributed by atoms with Crippen LogP contribution in [-0.2, 0) is 4.74 Å². The van der Waals surface area contributed by atoms with E-state index >= 15 is 0 Å². The predicted molar refractivity (Wildman–Crippen MR) is 59.8 cm³/mol. The monoisotopic (exact) mass is 279 g/mol. The highest BCUT2D eigenvalue weighted by atomic mass is 79.9. The van der Waals surface area contributed by atoms with Gasteiger partial charge >= 0.3 is 0 Å². The lowest BCUT2D eigenvalue weighted by Gasteiger charge is -2.06. The lowest BCUT2D eigenvalue weighted by Crippen LogP contribution is -2.11. The minimum atomic E-state index is 0.525. The average Bonchev–Trinajstić information content (AvgIpc) is 2.20. The highest BCUT2D eigenvalue weighted by Crippen LogP contribution is 2.16. The normalized spacial score (nSPS) is 10.1. The second-order valence-electron chi connectivity index (χ2n) is 2.45. The first-order valence-electron chi connectivity index (χ1n) is 4.17. The van der Waals surface area contributed by atoms with E-state index in [4.69, 9.17) is 16.3 Å². The van der Waals surface area contributed by atoms with Crippen LogP contribution in [0.15, 0.2) is 17.0 Å². The lowest BCUT2D eigenvalue weighted by molar-refractivity contribution is 0.160. The minimum absolute atomic E-state index is 0.525. The second-order valence-corrected chi connectivity index (χ2v) is 3.68. The zero-order valence-electron chi connectivity index (χ0n) is 7.54. The fourth-order valence-electron chi connectivity index (χ4n) is 0.841. The van der Waals surface area contributed by atoms with Crippen LogP contribution in [0.4, 0.5) is 5.82 Å². The maximum absolute atomic E-state index is 5.45. The van der Waals surface area contributed by atoms with Gasteiger partial charge in [-0.25, -0.2) is 9.97 Å². The standard InChI is InChI=1S/C8H11BrClN3O/c9-7-5-11-6-13-8(7)12-2-4-14-3-1-10/h5-6H,1-4H2,(H,11,12,13). The van der Waals surface area contributed by atoms with E-state index in [1.54, 1.807) is 6.20 Å². The van der Waals surface area contributed by atoms with Gasteiger partial charge in [-0.1, -0.05) is 0 Å². The summed E-state index contributed by atoms with van der Waals surface area (Å²) in [7, 11) is 0. The first kappa shape index (κ1) is 11.7. The smallest absolute Gasteiger partial charge is 0.143 e. The molecule has 0 saturated carbocycles. The van der Waals surface area contributed by atoms with Crippen molar-refractivity contribution < 1.29 is 4.74 Å². The zero-order valence-corrected chi connectivity index (χ0v) is 9.88. The number of aromatic nitrogens is 2. The molecule has 1 N–H and O–H groups in total. The quantitative estimate of drug-likeness (QED) is 0.639. The molecule has 0 aromatic carbocycles. The Hall–Kier alpha value is -0.390. The molecule has 0 spiro atoms. The number of hydrogen-bond donors (Lipinski definition) is 1. The highest BCUT2D eigenvalue weighted by molar-refractivity contribution is 9.10. The Labute approximate surface area is 96.2 Å². The molecule has 1 aromatic heterocycles. The molecule has 0 aliphatic carbocycles. The van der Waals surface area contributed by atoms with Crippen molar-refractivity contribution in [3.8, 4) is 0 Å². The fraction of sp³-hybridized carbons (Fsp3) is 0.500. The minimum Gasteiger partial charge on any atom is -0.378 e. The Morgan fingerprint density at radius 2 is 2.36 bits per heavy atom. The van der Waals surface area contributed by atoms with Gasteiger partial charge in [-0.15, -0.1) is 11.6 Å². The molecule has 78 valence electrons. The van der Waals surface area contributed by atoms with E-state index in [-0.39, 0.29) is 0 Å². The Kier molecular flexibility index (Phi) is 5.82. The number of nitrogens with zero attached hydrogens (tertiary/aromatic N) is 2. The molecule has 0 atom stereocenters. The average molecular weight is 281 g/mol. The molecule has 1 heterocycles. The molecule has 0 aliphatic rings. The van der Waals surface area contributed by atoms with Crippen LogP contribution < -0.4 is 5.32 Å². The largest absolute Gasteiger partial charge is 0.378 e. The van der Waals surface area contributed by atoms with Gasteiger partial charge in [0, 0.05) is 18.6 Å². The Morgan fingerprint density at radius 1 is 1.50 bits per heavy atom. The maximum Gasteiger partial charge on any atom is 0.143 e. The van der Waals surface area contributed by atoms with Crippen LogP contribution in [0.2, 0.25) is 0 Å². The summed E-state index contributed by atoms with van der Waals surface area (Å²) >= 11 is 8.78. The third kappa shape index (κ3) is 4.21. The summed E-state index contributed by atoms with van der Waals surface area (Å²) in [6.45, 7) is 1.89. The molecule has 0 bridgehead atoms. The van der Waals surface area contributed by atoms with E-state index in [9.17, 15) is 0 Å². The summed E-state index contributed by atoms with van der Waals surface area (Å²) in [6.07, 6.45) is 3.18. The highest BCUT2D eigenvalue weighted by Gasteiger charge is 1.98. The molecular formula is C8H11BrClN3O. The molecule has 6 heteroatoms. The van der Waals surface area contributed by atoms with Crippen LogP contribution in [0.3, 0.4) is 0 Å². The van der Waals surface area contributed by atoms with Gasteiger partial charge in [0.1, 0.15) is 12.1 Å². The zero-order chi connectivity index (χ0) is 10.2. The molecule has 0 unspecified atom stereocenters. The van der Waals surface area contributed by atoms with Crippen molar-refractivity contribution in [1.29, 1.82) is 0 Å². The predicted octanol–water partition coefficient (Wildman–Crippen LogP) is 1.91. The number of nitrogens with one attached hydrogen (secondary N) is 1. The number of ether oxygens (including phenoxy) is 1. The first-order valence-corrected chi connectivity index (χ1v) is 5.50. The third-order valence-corrected chi connectivity index (χ3v) is 2.16. The molecule has 1 aromatic rings. The molecule has 0 saturated heterocycles. The molecule has 4 nitrogen and oxygen atoms in total. The van der Waals surface area contributed by atoms with Crippen LogP contribution in [-0.4, -0.2) is 35.6 Å². The molecule has 14 heavy (non-hydrogen) atoms. The number of halogens is 2. The van der Waals surface area contributed by atoms with E-state index < -0.39 is 0 Å². The van der Waals surface area contributed by atoms with E-state index in [0.29, 0.717) is 25.6 Å². The van der Waals surface area contributed by atoms with E-state index in [2.05, 4.69) is 31.2 Å². The summed E-state index contributed by atoms with van der Waals surface area (Å²) in [4.78, 5) is 7.90. The Balaban J connectivity index is 2.21. The summed E-state index contributed by atoms with van der Waals surface area (Å²) < 4.78 is 6.04. The number of hydrogen-bond acceptors (Lipinski definition) is 4. The fourth-order valence-corrected chi connectivity index (χ4v) is 1.31. The first-order chi connectivity index (χ1) is 6.84. The Bertz CT molecular complexity index is 275. The number of alkyl halides is 1. The molecular weight excluding hydrogens is 269 g/mol. The van der Waals surface area contributed by atoms with Crippen molar-refractivity contribution in [3.05, 3.63) is 17.0 Å². The van der Waals surface area contributed by atoms with Crippen molar-refractivity contribution in [2.75, 3.05) is 31.0 Å². The van der Waals surface area contributed by atoms with Gasteiger partial charge in [-0.05, 0) is 15.9 Å².